The second-order valence-corrected chi connectivity index (χ2v) is 17.0. The van der Waals surface area contributed by atoms with Gasteiger partial charge in [-0.15, -0.1) is 22.7 Å². The van der Waals surface area contributed by atoms with Gasteiger partial charge in [0, 0.05) is 79.4 Å². The van der Waals surface area contributed by atoms with E-state index in [2.05, 4.69) is 216 Å². The summed E-state index contributed by atoms with van der Waals surface area (Å²) in [4.78, 5) is 2.35. The first-order valence-electron chi connectivity index (χ1n) is 19.7. The van der Waals surface area contributed by atoms with Gasteiger partial charge in [0.2, 0.25) is 0 Å². The lowest BCUT2D eigenvalue weighted by Crippen LogP contribution is -2.09. The van der Waals surface area contributed by atoms with E-state index in [1.165, 1.54) is 90.1 Å². The van der Waals surface area contributed by atoms with Crippen molar-refractivity contribution >= 4 is 102 Å². The smallest absolute Gasteiger partial charge is 0.0541 e. The van der Waals surface area contributed by atoms with Gasteiger partial charge in [0.15, 0.2) is 0 Å². The van der Waals surface area contributed by atoms with Gasteiger partial charge in [0.05, 0.1) is 11.0 Å². The zero-order valence-corrected chi connectivity index (χ0v) is 33.0. The third-order valence-corrected chi connectivity index (χ3v) is 13.9. The van der Waals surface area contributed by atoms with Crippen molar-refractivity contribution in [1.29, 1.82) is 0 Å². The van der Waals surface area contributed by atoms with E-state index < -0.39 is 0 Å². The molecule has 0 N–H and O–H groups in total. The van der Waals surface area contributed by atoms with Crippen LogP contribution in [0.2, 0.25) is 0 Å². The second-order valence-electron chi connectivity index (χ2n) is 14.9. The average Bonchev–Trinajstić information content (AvgIpc) is 3.96. The fraction of sp³-hybridized carbons (Fsp3) is 0. The number of para-hydroxylation sites is 3. The van der Waals surface area contributed by atoms with E-state index in [1.54, 1.807) is 0 Å². The van der Waals surface area contributed by atoms with Crippen molar-refractivity contribution in [1.82, 2.24) is 4.57 Å². The van der Waals surface area contributed by atoms with E-state index in [0.29, 0.717) is 0 Å². The molecule has 0 spiro atoms. The maximum absolute atomic E-state index is 2.44. The van der Waals surface area contributed by atoms with Crippen molar-refractivity contribution in [3.63, 3.8) is 0 Å². The minimum Gasteiger partial charge on any atom is -0.311 e. The molecule has 0 aliphatic rings. The summed E-state index contributed by atoms with van der Waals surface area (Å²) in [7, 11) is 0. The van der Waals surface area contributed by atoms with Crippen LogP contribution in [0.25, 0.3) is 90.1 Å². The first kappa shape index (κ1) is 33.2. The lowest BCUT2D eigenvalue weighted by Gasteiger charge is -2.26. The van der Waals surface area contributed by atoms with E-state index in [9.17, 15) is 0 Å². The molecule has 3 aromatic heterocycles. The van der Waals surface area contributed by atoms with Crippen LogP contribution in [0.1, 0.15) is 0 Å². The lowest BCUT2D eigenvalue weighted by molar-refractivity contribution is 1.19. The summed E-state index contributed by atoms with van der Waals surface area (Å²) in [5.41, 5.74) is 11.8. The van der Waals surface area contributed by atoms with Gasteiger partial charge in [-0.05, 0) is 95.6 Å². The first-order valence-corrected chi connectivity index (χ1v) is 21.3. The van der Waals surface area contributed by atoms with Crippen molar-refractivity contribution < 1.29 is 0 Å². The number of fused-ring (bicyclic) bond motifs is 9. The summed E-state index contributed by atoms with van der Waals surface area (Å²) in [5, 5.41) is 7.78. The molecular weight excluding hydrogens is 741 g/mol. The van der Waals surface area contributed by atoms with Crippen LogP contribution in [-0.4, -0.2) is 4.57 Å². The number of thiophene rings is 2. The molecule has 0 radical (unpaired) electrons. The Bertz CT molecular complexity index is 3450. The molecule has 0 saturated heterocycles. The van der Waals surface area contributed by atoms with Crippen molar-refractivity contribution in [3.05, 3.63) is 206 Å². The lowest BCUT2D eigenvalue weighted by atomic mass is 10.0. The second kappa shape index (κ2) is 13.3. The Kier molecular flexibility index (Phi) is 7.62. The minimum absolute atomic E-state index is 1.11. The Hall–Kier alpha value is -6.98. The first-order chi connectivity index (χ1) is 28.7. The van der Waals surface area contributed by atoms with Gasteiger partial charge >= 0.3 is 0 Å². The third-order valence-electron chi connectivity index (χ3n) is 11.6. The van der Waals surface area contributed by atoms with E-state index >= 15 is 0 Å². The molecule has 9 aromatic carbocycles. The van der Waals surface area contributed by atoms with Gasteiger partial charge in [-0.1, -0.05) is 127 Å². The summed E-state index contributed by atoms with van der Waals surface area (Å²) >= 11 is 3.75. The molecule has 0 fully saturated rings. The Morgan fingerprint density at radius 2 is 0.828 bits per heavy atom. The van der Waals surface area contributed by atoms with Crippen LogP contribution in [0.15, 0.2) is 206 Å². The molecule has 0 bridgehead atoms. The molecule has 3 heterocycles. The highest BCUT2D eigenvalue weighted by atomic mass is 32.1. The van der Waals surface area contributed by atoms with Gasteiger partial charge < -0.3 is 9.47 Å². The number of nitrogens with zero attached hydrogens (tertiary/aromatic N) is 2. The Morgan fingerprint density at radius 3 is 1.50 bits per heavy atom. The van der Waals surface area contributed by atoms with Gasteiger partial charge in [-0.2, -0.15) is 0 Å². The zero-order valence-electron chi connectivity index (χ0n) is 31.3. The molecule has 0 aliphatic carbocycles. The Labute approximate surface area is 343 Å². The Morgan fingerprint density at radius 1 is 0.328 bits per heavy atom. The van der Waals surface area contributed by atoms with Crippen molar-refractivity contribution in [2.75, 3.05) is 4.90 Å². The SMILES string of the molecule is c1ccc(N(c2ccc(-c3ccc4c(c3)sc3ccccc34)cc2)c2ccc(-c3cc(-n4c5ccccc5c5ccccc54)cc4c3sc3ccccc34)cc2)cc1. The quantitative estimate of drug-likeness (QED) is 0.163. The van der Waals surface area contributed by atoms with Crippen LogP contribution in [0.3, 0.4) is 0 Å². The van der Waals surface area contributed by atoms with Crippen molar-refractivity contribution in [3.8, 4) is 27.9 Å². The topological polar surface area (TPSA) is 8.17 Å². The van der Waals surface area contributed by atoms with Crippen molar-refractivity contribution in [2.24, 2.45) is 0 Å². The van der Waals surface area contributed by atoms with Crippen LogP contribution >= 0.6 is 22.7 Å². The molecular formula is C54H34N2S2. The highest BCUT2D eigenvalue weighted by Gasteiger charge is 2.19. The fourth-order valence-corrected chi connectivity index (χ4v) is 11.2. The highest BCUT2D eigenvalue weighted by Crippen LogP contribution is 2.45. The van der Waals surface area contributed by atoms with Gasteiger partial charge in [-0.25, -0.2) is 0 Å². The van der Waals surface area contributed by atoms with E-state index in [-0.39, 0.29) is 0 Å². The van der Waals surface area contributed by atoms with Crippen LogP contribution in [0, 0.1) is 0 Å². The largest absolute Gasteiger partial charge is 0.311 e. The molecule has 0 amide bonds. The van der Waals surface area contributed by atoms with Crippen molar-refractivity contribution in [2.45, 2.75) is 0 Å². The van der Waals surface area contributed by atoms with Gasteiger partial charge in [0.1, 0.15) is 0 Å². The van der Waals surface area contributed by atoms with Crippen LogP contribution in [0.4, 0.5) is 17.1 Å². The predicted octanol–water partition coefficient (Wildman–Crippen LogP) is 16.3. The number of aromatic nitrogens is 1. The van der Waals surface area contributed by atoms with E-state index in [1.807, 2.05) is 22.7 Å². The molecule has 58 heavy (non-hydrogen) atoms. The van der Waals surface area contributed by atoms with Gasteiger partial charge in [0.25, 0.3) is 0 Å². The van der Waals surface area contributed by atoms with E-state index in [0.717, 1.165) is 17.1 Å². The number of anilines is 3. The van der Waals surface area contributed by atoms with Gasteiger partial charge in [-0.3, -0.25) is 0 Å². The summed E-state index contributed by atoms with van der Waals surface area (Å²) in [5.74, 6) is 0. The van der Waals surface area contributed by atoms with Crippen LogP contribution in [0.5, 0.6) is 0 Å². The zero-order chi connectivity index (χ0) is 38.2. The average molecular weight is 775 g/mol. The molecule has 272 valence electrons. The monoisotopic (exact) mass is 774 g/mol. The molecule has 0 saturated carbocycles. The van der Waals surface area contributed by atoms with E-state index in [4.69, 9.17) is 0 Å². The standard InChI is InChI=1S/C54H34N2S2/c1-2-12-38(13-3-1)55(39-27-22-35(23-28-39)37-26-31-46-44-16-6-10-20-51(44)57-53(46)32-37)40-29-24-36(25-30-40)47-33-41(34-48-45-17-7-11-21-52(45)58-54(47)48)56-49-18-8-4-14-42(49)43-15-5-9-19-50(43)56/h1-34H. The molecule has 0 aliphatic heterocycles. The summed E-state index contributed by atoms with van der Waals surface area (Å²) < 4.78 is 7.70. The predicted molar refractivity (Wildman–Crippen MR) is 252 cm³/mol. The maximum Gasteiger partial charge on any atom is 0.0541 e. The summed E-state index contributed by atoms with van der Waals surface area (Å²) in [6.07, 6.45) is 0. The fourth-order valence-electron chi connectivity index (χ4n) is 8.88. The number of hydrogen-bond acceptors (Lipinski definition) is 3. The molecule has 4 heteroatoms. The normalized spacial score (nSPS) is 11.8. The summed E-state index contributed by atoms with van der Waals surface area (Å²) in [6.45, 7) is 0. The highest BCUT2D eigenvalue weighted by molar-refractivity contribution is 7.26. The molecule has 0 atom stereocenters. The maximum atomic E-state index is 2.44. The molecule has 2 nitrogen and oxygen atoms in total. The number of benzene rings is 9. The minimum atomic E-state index is 1.11. The third kappa shape index (κ3) is 5.30. The Balaban J connectivity index is 0.967. The molecule has 0 unspecified atom stereocenters. The number of rotatable bonds is 6. The molecule has 12 aromatic rings. The van der Waals surface area contributed by atoms with Crippen LogP contribution < -0.4 is 4.90 Å². The molecule has 12 rings (SSSR count). The summed E-state index contributed by atoms with van der Waals surface area (Å²) in [6, 6.07) is 75.6. The number of hydrogen-bond donors (Lipinski definition) is 0. The van der Waals surface area contributed by atoms with Crippen LogP contribution in [-0.2, 0) is 0 Å².